The number of carbonyl (C=O) groups excluding carboxylic acids is 2. The van der Waals surface area contributed by atoms with E-state index in [-0.39, 0.29) is 30.5 Å². The van der Waals surface area contributed by atoms with E-state index in [0.717, 1.165) is 32.9 Å². The molecule has 9 nitrogen and oxygen atoms in total. The van der Waals surface area contributed by atoms with Gasteiger partial charge >= 0.3 is 0 Å². The predicted molar refractivity (Wildman–Crippen MR) is 160 cm³/mol. The van der Waals surface area contributed by atoms with Gasteiger partial charge in [0, 0.05) is 54.9 Å². The molecule has 1 aliphatic rings. The molecule has 0 aliphatic carbocycles. The van der Waals surface area contributed by atoms with Crippen LogP contribution in [0.3, 0.4) is 0 Å². The maximum Gasteiger partial charge on any atom is 0.240 e. The van der Waals surface area contributed by atoms with E-state index >= 15 is 0 Å². The molecule has 2 aromatic carbocycles. The van der Waals surface area contributed by atoms with E-state index in [4.69, 9.17) is 11.5 Å². The van der Waals surface area contributed by atoms with Gasteiger partial charge < -0.3 is 26.4 Å². The number of hydrogen-bond donors (Lipinski definition) is 3. The number of amides is 2. The molecule has 1 fully saturated rings. The molecule has 1 aliphatic heterocycles. The molecule has 4 atom stereocenters. The zero-order valence-electron chi connectivity index (χ0n) is 23.4. The van der Waals surface area contributed by atoms with Crippen molar-refractivity contribution in [2.45, 2.75) is 56.8 Å². The third-order valence-electron chi connectivity index (χ3n) is 7.94. The monoisotopic (exact) mass is 554 g/mol. The summed E-state index contributed by atoms with van der Waals surface area (Å²) in [5.41, 5.74) is 16.5. The van der Waals surface area contributed by atoms with Gasteiger partial charge in [-0.2, -0.15) is 0 Å². The Kier molecular flexibility index (Phi) is 8.87. The minimum Gasteiger partial charge on any atom is -0.396 e. The van der Waals surface area contributed by atoms with Crippen molar-refractivity contribution < 1.29 is 14.7 Å². The van der Waals surface area contributed by atoms with Crippen LogP contribution in [0.1, 0.15) is 30.9 Å². The maximum absolute atomic E-state index is 13.6. The normalized spacial score (nSPS) is 18.9. The summed E-state index contributed by atoms with van der Waals surface area (Å²) in [5, 5.41) is 11.5. The molecule has 214 valence electrons. The second-order valence-electron chi connectivity index (χ2n) is 11.0. The molecule has 1 saturated heterocycles. The second-order valence-corrected chi connectivity index (χ2v) is 11.0. The first kappa shape index (κ1) is 28.6. The molecule has 3 heterocycles. The Hall–Kier alpha value is -3.92. The molecule has 9 heteroatoms. The zero-order valence-corrected chi connectivity index (χ0v) is 23.4. The van der Waals surface area contributed by atoms with Gasteiger partial charge in [-0.25, -0.2) is 0 Å². The lowest BCUT2D eigenvalue weighted by Gasteiger charge is -2.46. The molecule has 0 spiro atoms. The molecular formula is C32H38N6O3. The van der Waals surface area contributed by atoms with Crippen LogP contribution in [0, 0.1) is 0 Å². The first-order valence-corrected chi connectivity index (χ1v) is 14.2. The fourth-order valence-electron chi connectivity index (χ4n) is 5.75. The molecule has 5 rings (SSSR count). The zero-order chi connectivity index (χ0) is 28.9. The number of piperazine rings is 1. The number of aliphatic hydroxyl groups is 1. The van der Waals surface area contributed by atoms with Gasteiger partial charge in [-0.3, -0.25) is 19.6 Å². The highest BCUT2D eigenvalue weighted by Gasteiger charge is 2.39. The lowest BCUT2D eigenvalue weighted by Crippen LogP contribution is -2.64. The van der Waals surface area contributed by atoms with Crippen molar-refractivity contribution in [1.82, 2.24) is 19.8 Å². The minimum absolute atomic E-state index is 0.00528. The van der Waals surface area contributed by atoms with Gasteiger partial charge in [0.15, 0.2) is 0 Å². The Balaban J connectivity index is 1.26. The average molecular weight is 555 g/mol. The molecule has 41 heavy (non-hydrogen) atoms. The van der Waals surface area contributed by atoms with Crippen molar-refractivity contribution in [3.8, 4) is 0 Å². The number of hydrogen-bond acceptors (Lipinski definition) is 7. The van der Waals surface area contributed by atoms with Crippen LogP contribution < -0.4 is 11.5 Å². The summed E-state index contributed by atoms with van der Waals surface area (Å²) in [4.78, 5) is 39.7. The lowest BCUT2D eigenvalue weighted by atomic mass is 9.98. The standard InChI is InChI=1S/C32H38N6O3/c1-21-19-38(32(41)28(34)16-23-14-25-8-3-5-11-30(25)36-18-23)26(9-6-12-39)20-37(21)31(40)27(33)15-22-13-24-7-2-4-10-29(24)35-17-22/h2-5,7-8,10-11,13-14,17-18,21,26-28,39H,6,9,12,15-16,19-20,33-34H2,1H3. The summed E-state index contributed by atoms with van der Waals surface area (Å²) >= 11 is 0. The number of aliphatic hydroxyl groups excluding tert-OH is 1. The van der Waals surface area contributed by atoms with E-state index in [0.29, 0.717) is 38.8 Å². The Bertz CT molecular complexity index is 1530. The number of nitrogens with zero attached hydrogens (tertiary/aromatic N) is 4. The number of pyridine rings is 2. The quantitative estimate of drug-likeness (QED) is 0.289. The van der Waals surface area contributed by atoms with E-state index in [1.807, 2.05) is 67.6 Å². The highest BCUT2D eigenvalue weighted by molar-refractivity contribution is 5.85. The van der Waals surface area contributed by atoms with Gasteiger partial charge in [0.25, 0.3) is 0 Å². The number of fused-ring (bicyclic) bond motifs is 2. The summed E-state index contributed by atoms with van der Waals surface area (Å²) < 4.78 is 0. The molecule has 0 radical (unpaired) electrons. The van der Waals surface area contributed by atoms with Gasteiger partial charge in [0.2, 0.25) is 11.8 Å². The number of carbonyl (C=O) groups is 2. The second kappa shape index (κ2) is 12.7. The van der Waals surface area contributed by atoms with E-state index < -0.39 is 12.1 Å². The van der Waals surface area contributed by atoms with Crippen LogP contribution in [0.15, 0.2) is 73.1 Å². The van der Waals surface area contributed by atoms with Gasteiger partial charge in [-0.1, -0.05) is 36.4 Å². The summed E-state index contributed by atoms with van der Waals surface area (Å²) in [6, 6.07) is 17.7. The van der Waals surface area contributed by atoms with Crippen molar-refractivity contribution in [2.24, 2.45) is 11.5 Å². The third kappa shape index (κ3) is 6.53. The van der Waals surface area contributed by atoms with Crippen molar-refractivity contribution in [3.05, 3.63) is 84.2 Å². The molecule has 0 saturated carbocycles. The van der Waals surface area contributed by atoms with Gasteiger partial charge in [-0.15, -0.1) is 0 Å². The first-order valence-electron chi connectivity index (χ1n) is 14.2. The summed E-state index contributed by atoms with van der Waals surface area (Å²) in [6.07, 6.45) is 5.35. The highest BCUT2D eigenvalue weighted by atomic mass is 16.3. The summed E-state index contributed by atoms with van der Waals surface area (Å²) in [5.74, 6) is -0.315. The van der Waals surface area contributed by atoms with Crippen LogP contribution >= 0.6 is 0 Å². The Morgan fingerprint density at radius 1 is 0.854 bits per heavy atom. The number of benzene rings is 2. The number of rotatable bonds is 9. The summed E-state index contributed by atoms with van der Waals surface area (Å²) in [7, 11) is 0. The largest absolute Gasteiger partial charge is 0.396 e. The molecule has 4 aromatic rings. The van der Waals surface area contributed by atoms with E-state index in [1.54, 1.807) is 22.2 Å². The van der Waals surface area contributed by atoms with Gasteiger partial charge in [0.05, 0.1) is 23.1 Å². The minimum atomic E-state index is -0.744. The molecular weight excluding hydrogens is 516 g/mol. The lowest BCUT2D eigenvalue weighted by molar-refractivity contribution is -0.148. The van der Waals surface area contributed by atoms with Crippen molar-refractivity contribution in [2.75, 3.05) is 19.7 Å². The van der Waals surface area contributed by atoms with Crippen LogP contribution in [0.5, 0.6) is 0 Å². The van der Waals surface area contributed by atoms with Crippen molar-refractivity contribution >= 4 is 33.6 Å². The molecule has 4 unspecified atom stereocenters. The van der Waals surface area contributed by atoms with Crippen LogP contribution in [0.2, 0.25) is 0 Å². The van der Waals surface area contributed by atoms with E-state index in [1.165, 1.54) is 0 Å². The molecule has 0 bridgehead atoms. The predicted octanol–water partition coefficient (Wildman–Crippen LogP) is 2.42. The maximum atomic E-state index is 13.6. The Labute approximate surface area is 240 Å². The van der Waals surface area contributed by atoms with Crippen molar-refractivity contribution in [1.29, 1.82) is 0 Å². The van der Waals surface area contributed by atoms with Crippen LogP contribution in [-0.4, -0.2) is 80.6 Å². The van der Waals surface area contributed by atoms with E-state index in [9.17, 15) is 14.7 Å². The number of para-hydroxylation sites is 2. The fourth-order valence-corrected chi connectivity index (χ4v) is 5.75. The van der Waals surface area contributed by atoms with Crippen LogP contribution in [0.25, 0.3) is 21.8 Å². The molecule has 2 amide bonds. The van der Waals surface area contributed by atoms with Crippen molar-refractivity contribution in [3.63, 3.8) is 0 Å². The molecule has 5 N–H and O–H groups in total. The summed E-state index contributed by atoms with van der Waals surface area (Å²) in [6.45, 7) is 2.64. The highest BCUT2D eigenvalue weighted by Crippen LogP contribution is 2.23. The Morgan fingerprint density at radius 2 is 1.37 bits per heavy atom. The Morgan fingerprint density at radius 3 is 1.90 bits per heavy atom. The van der Waals surface area contributed by atoms with Crippen LogP contribution in [-0.2, 0) is 22.4 Å². The number of nitrogens with two attached hydrogens (primary N) is 2. The number of aromatic nitrogens is 2. The van der Waals surface area contributed by atoms with Gasteiger partial charge in [-0.05, 0) is 68.0 Å². The molecule has 2 aromatic heterocycles. The van der Waals surface area contributed by atoms with E-state index in [2.05, 4.69) is 9.97 Å². The third-order valence-corrected chi connectivity index (χ3v) is 7.94. The SMILES string of the molecule is CC1CN(C(=O)C(N)Cc2cnc3ccccc3c2)C(CCCO)CN1C(=O)C(N)Cc1cnc2ccccc2c1. The smallest absolute Gasteiger partial charge is 0.240 e. The topological polar surface area (TPSA) is 139 Å². The van der Waals surface area contributed by atoms with Gasteiger partial charge in [0.1, 0.15) is 0 Å². The fraction of sp³-hybridized carbons (Fsp3) is 0.375. The average Bonchev–Trinajstić information content (AvgIpc) is 2.99. The first-order chi connectivity index (χ1) is 19.8. The van der Waals surface area contributed by atoms with Crippen LogP contribution in [0.4, 0.5) is 0 Å².